The fraction of sp³-hybridized carbons (Fsp3) is 1.00. The molecule has 13 heavy (non-hydrogen) atoms. The van der Waals surface area contributed by atoms with E-state index in [2.05, 4.69) is 5.32 Å². The molecule has 1 aliphatic rings. The molecule has 1 rings (SSSR count). The van der Waals surface area contributed by atoms with Crippen molar-refractivity contribution in [2.24, 2.45) is 0 Å². The van der Waals surface area contributed by atoms with Gasteiger partial charge in [0.05, 0.1) is 5.25 Å². The van der Waals surface area contributed by atoms with E-state index < -0.39 is 9.84 Å². The van der Waals surface area contributed by atoms with Crippen molar-refractivity contribution in [3.05, 3.63) is 0 Å². The lowest BCUT2D eigenvalue weighted by Crippen LogP contribution is -2.37. The van der Waals surface area contributed by atoms with Crippen molar-refractivity contribution >= 4 is 9.84 Å². The molecule has 0 heterocycles. The molecule has 0 aromatic rings. The van der Waals surface area contributed by atoms with Gasteiger partial charge in [-0.2, -0.15) is 0 Å². The predicted octanol–water partition coefficient (Wildman–Crippen LogP) is 0.952. The van der Waals surface area contributed by atoms with Gasteiger partial charge in [-0.15, -0.1) is 0 Å². The Morgan fingerprint density at radius 2 is 2.08 bits per heavy atom. The van der Waals surface area contributed by atoms with Crippen LogP contribution >= 0.6 is 0 Å². The van der Waals surface area contributed by atoms with Crippen molar-refractivity contribution in [2.45, 2.75) is 43.9 Å². The van der Waals surface area contributed by atoms with E-state index in [0.717, 1.165) is 25.7 Å². The van der Waals surface area contributed by atoms with Crippen LogP contribution in [0.4, 0.5) is 0 Å². The molecule has 0 radical (unpaired) electrons. The number of rotatable bonds is 3. The maximum Gasteiger partial charge on any atom is 0.152 e. The highest BCUT2D eigenvalue weighted by Gasteiger charge is 2.29. The molecule has 0 aromatic heterocycles. The van der Waals surface area contributed by atoms with E-state index in [1.54, 1.807) is 6.92 Å². The first kappa shape index (κ1) is 11.0. The zero-order chi connectivity index (χ0) is 9.90. The second-order valence-electron chi connectivity index (χ2n) is 3.73. The molecule has 78 valence electrons. The van der Waals surface area contributed by atoms with E-state index >= 15 is 0 Å². The van der Waals surface area contributed by atoms with Crippen molar-refractivity contribution in [3.8, 4) is 0 Å². The van der Waals surface area contributed by atoms with Gasteiger partial charge in [0, 0.05) is 11.8 Å². The summed E-state index contributed by atoms with van der Waals surface area (Å²) in [6, 6.07) is 0.403. The van der Waals surface area contributed by atoms with E-state index in [4.69, 9.17) is 0 Å². The summed E-state index contributed by atoms with van der Waals surface area (Å²) in [6.45, 7) is 1.73. The molecule has 0 bridgehead atoms. The lowest BCUT2D eigenvalue weighted by Gasteiger charge is -2.28. The van der Waals surface area contributed by atoms with Crippen LogP contribution in [0.3, 0.4) is 0 Å². The van der Waals surface area contributed by atoms with Gasteiger partial charge in [-0.1, -0.05) is 13.3 Å². The smallest absolute Gasteiger partial charge is 0.152 e. The molecule has 0 aromatic carbocycles. The van der Waals surface area contributed by atoms with Gasteiger partial charge in [0.25, 0.3) is 0 Å². The maximum atomic E-state index is 11.6. The summed E-state index contributed by atoms with van der Waals surface area (Å²) in [6.07, 6.45) is 3.81. The fourth-order valence-corrected chi connectivity index (χ4v) is 3.49. The Hall–Kier alpha value is -0.0900. The van der Waals surface area contributed by atoms with Crippen LogP contribution in [0, 0.1) is 0 Å². The molecular weight excluding hydrogens is 186 g/mol. The third kappa shape index (κ3) is 2.68. The Balaban J connectivity index is 2.61. The van der Waals surface area contributed by atoms with Crippen LogP contribution in [0.15, 0.2) is 0 Å². The average Bonchev–Trinajstić information content (AvgIpc) is 2.18. The Morgan fingerprint density at radius 3 is 2.62 bits per heavy atom. The number of nitrogens with one attached hydrogen (secondary N) is 1. The molecule has 1 aliphatic carbocycles. The van der Waals surface area contributed by atoms with Crippen molar-refractivity contribution in [3.63, 3.8) is 0 Å². The fourth-order valence-electron chi connectivity index (χ4n) is 1.97. The monoisotopic (exact) mass is 205 g/mol. The van der Waals surface area contributed by atoms with Crippen LogP contribution in [0.25, 0.3) is 0 Å². The largest absolute Gasteiger partial charge is 0.317 e. The minimum absolute atomic E-state index is 0.0938. The lowest BCUT2D eigenvalue weighted by atomic mass is 9.95. The molecule has 3 nitrogen and oxygen atoms in total. The maximum absolute atomic E-state index is 11.6. The molecule has 2 atom stereocenters. The van der Waals surface area contributed by atoms with Crippen molar-refractivity contribution in [1.29, 1.82) is 0 Å². The first-order chi connectivity index (χ1) is 6.10. The molecule has 2 unspecified atom stereocenters. The SMILES string of the molecule is CCS(=O)(=O)C1CCCC(NC)C1. The van der Waals surface area contributed by atoms with Gasteiger partial charge in [0.2, 0.25) is 0 Å². The molecule has 1 saturated carbocycles. The van der Waals surface area contributed by atoms with E-state index in [9.17, 15) is 8.42 Å². The Kier molecular flexibility index (Phi) is 3.74. The molecule has 1 N–H and O–H groups in total. The van der Waals surface area contributed by atoms with Crippen LogP contribution in [0.5, 0.6) is 0 Å². The standard InChI is InChI=1S/C9H19NO2S/c1-3-13(11,12)9-6-4-5-8(7-9)10-2/h8-10H,3-7H2,1-2H3. The van der Waals surface area contributed by atoms with Gasteiger partial charge >= 0.3 is 0 Å². The Morgan fingerprint density at radius 1 is 1.38 bits per heavy atom. The van der Waals surface area contributed by atoms with E-state index in [-0.39, 0.29) is 11.0 Å². The van der Waals surface area contributed by atoms with Gasteiger partial charge in [-0.25, -0.2) is 8.42 Å². The lowest BCUT2D eigenvalue weighted by molar-refractivity contribution is 0.391. The van der Waals surface area contributed by atoms with Crippen LogP contribution in [0.2, 0.25) is 0 Å². The van der Waals surface area contributed by atoms with E-state index in [0.29, 0.717) is 6.04 Å². The number of hydrogen-bond donors (Lipinski definition) is 1. The average molecular weight is 205 g/mol. The Labute approximate surface area is 80.8 Å². The highest BCUT2D eigenvalue weighted by Crippen LogP contribution is 2.24. The van der Waals surface area contributed by atoms with Crippen LogP contribution < -0.4 is 5.32 Å². The summed E-state index contributed by atoms with van der Waals surface area (Å²) in [7, 11) is -0.896. The van der Waals surface area contributed by atoms with Crippen LogP contribution in [-0.2, 0) is 9.84 Å². The van der Waals surface area contributed by atoms with Crippen LogP contribution in [-0.4, -0.2) is 32.5 Å². The zero-order valence-corrected chi connectivity index (χ0v) is 9.23. The van der Waals surface area contributed by atoms with Gasteiger partial charge in [0.1, 0.15) is 0 Å². The highest BCUT2D eigenvalue weighted by atomic mass is 32.2. The topological polar surface area (TPSA) is 46.2 Å². The molecule has 0 aliphatic heterocycles. The van der Waals surface area contributed by atoms with Gasteiger partial charge in [-0.3, -0.25) is 0 Å². The third-order valence-electron chi connectivity index (χ3n) is 2.94. The summed E-state index contributed by atoms with van der Waals surface area (Å²) in [4.78, 5) is 0. The van der Waals surface area contributed by atoms with Crippen molar-refractivity contribution < 1.29 is 8.42 Å². The van der Waals surface area contributed by atoms with E-state index in [1.807, 2.05) is 7.05 Å². The van der Waals surface area contributed by atoms with Gasteiger partial charge < -0.3 is 5.32 Å². The molecule has 1 fully saturated rings. The third-order valence-corrected chi connectivity index (χ3v) is 5.19. The second-order valence-corrected chi connectivity index (χ2v) is 6.30. The number of sulfone groups is 1. The quantitative estimate of drug-likeness (QED) is 0.746. The molecular formula is C9H19NO2S. The summed E-state index contributed by atoms with van der Waals surface area (Å²) >= 11 is 0. The summed E-state index contributed by atoms with van der Waals surface area (Å²) in [5, 5.41) is 3.07. The van der Waals surface area contributed by atoms with Gasteiger partial charge in [-0.05, 0) is 26.3 Å². The van der Waals surface area contributed by atoms with Gasteiger partial charge in [0.15, 0.2) is 9.84 Å². The zero-order valence-electron chi connectivity index (χ0n) is 8.41. The summed E-state index contributed by atoms with van der Waals surface area (Å²) in [5.41, 5.74) is 0. The molecule has 4 heteroatoms. The summed E-state index contributed by atoms with van der Waals surface area (Å²) < 4.78 is 23.2. The number of hydrogen-bond acceptors (Lipinski definition) is 3. The minimum atomic E-state index is -2.80. The van der Waals surface area contributed by atoms with E-state index in [1.165, 1.54) is 0 Å². The normalized spacial score (nSPS) is 30.3. The second kappa shape index (κ2) is 4.42. The highest BCUT2D eigenvalue weighted by molar-refractivity contribution is 7.92. The van der Waals surface area contributed by atoms with Crippen molar-refractivity contribution in [1.82, 2.24) is 5.32 Å². The first-order valence-electron chi connectivity index (χ1n) is 4.99. The van der Waals surface area contributed by atoms with Crippen LogP contribution in [0.1, 0.15) is 32.6 Å². The van der Waals surface area contributed by atoms with Crippen molar-refractivity contribution in [2.75, 3.05) is 12.8 Å². The first-order valence-corrected chi connectivity index (χ1v) is 6.70. The summed E-state index contributed by atoms with van der Waals surface area (Å²) in [5.74, 6) is 0.286. The molecule has 0 amide bonds. The molecule has 0 saturated heterocycles. The molecule has 0 spiro atoms. The predicted molar refractivity (Wildman–Crippen MR) is 54.6 cm³/mol. The minimum Gasteiger partial charge on any atom is -0.317 e. The Bertz CT molecular complexity index is 248.